The van der Waals surface area contributed by atoms with Crippen LogP contribution in [0.2, 0.25) is 0 Å². The predicted molar refractivity (Wildman–Crippen MR) is 154 cm³/mol. The van der Waals surface area contributed by atoms with E-state index in [1.54, 1.807) is 11.3 Å². The summed E-state index contributed by atoms with van der Waals surface area (Å²) in [5.41, 5.74) is 8.49. The Morgan fingerprint density at radius 3 is 2.84 bits per heavy atom. The Labute approximate surface area is 224 Å². The van der Waals surface area contributed by atoms with Crippen LogP contribution in [0.3, 0.4) is 0 Å². The highest BCUT2D eigenvalue weighted by atomic mass is 32.1. The van der Waals surface area contributed by atoms with E-state index in [0.29, 0.717) is 0 Å². The van der Waals surface area contributed by atoms with E-state index in [0.717, 1.165) is 63.7 Å². The number of fused-ring (bicyclic) bond motifs is 2. The normalized spacial score (nSPS) is 14.2. The number of hydrogen-bond donors (Lipinski definition) is 3. The zero-order valence-electron chi connectivity index (χ0n) is 21.3. The molecule has 0 spiro atoms. The smallest absolute Gasteiger partial charge is 0.138 e. The average molecular weight is 520 g/mol. The lowest BCUT2D eigenvalue weighted by atomic mass is 10.1. The number of thiophene rings is 1. The van der Waals surface area contributed by atoms with Crippen LogP contribution in [-0.2, 0) is 6.54 Å². The van der Waals surface area contributed by atoms with Crippen molar-refractivity contribution in [3.8, 4) is 33.1 Å². The summed E-state index contributed by atoms with van der Waals surface area (Å²) < 4.78 is 0. The van der Waals surface area contributed by atoms with Crippen molar-refractivity contribution in [2.75, 3.05) is 6.54 Å². The van der Waals surface area contributed by atoms with Gasteiger partial charge in [0.2, 0.25) is 0 Å². The predicted octanol–water partition coefficient (Wildman–Crippen LogP) is 6.88. The van der Waals surface area contributed by atoms with Crippen molar-refractivity contribution < 1.29 is 0 Å². The van der Waals surface area contributed by atoms with E-state index < -0.39 is 0 Å². The van der Waals surface area contributed by atoms with Crippen molar-refractivity contribution in [1.82, 2.24) is 35.5 Å². The maximum atomic E-state index is 5.03. The molecule has 0 bridgehead atoms. The molecule has 6 heterocycles. The maximum Gasteiger partial charge on any atom is 0.138 e. The zero-order valence-corrected chi connectivity index (χ0v) is 22.1. The van der Waals surface area contributed by atoms with Gasteiger partial charge in [0.1, 0.15) is 16.9 Å². The first-order valence-electron chi connectivity index (χ1n) is 13.3. The number of pyridine rings is 3. The molecule has 6 aromatic rings. The maximum absolute atomic E-state index is 5.03. The van der Waals surface area contributed by atoms with Gasteiger partial charge in [-0.2, -0.15) is 5.10 Å². The Morgan fingerprint density at radius 1 is 1.05 bits per heavy atom. The van der Waals surface area contributed by atoms with E-state index in [2.05, 4.69) is 67.7 Å². The Balaban J connectivity index is 1.20. The van der Waals surface area contributed by atoms with Gasteiger partial charge in [-0.3, -0.25) is 10.1 Å². The minimum absolute atomic E-state index is 0.788. The lowest BCUT2D eigenvalue weighted by Gasteiger charge is -2.11. The van der Waals surface area contributed by atoms with Gasteiger partial charge in [0.05, 0.1) is 16.9 Å². The molecule has 7 rings (SSSR count). The van der Waals surface area contributed by atoms with E-state index in [-0.39, 0.29) is 0 Å². The molecule has 0 aliphatic heterocycles. The van der Waals surface area contributed by atoms with E-state index in [9.17, 15) is 0 Å². The van der Waals surface area contributed by atoms with Crippen molar-refractivity contribution in [2.24, 2.45) is 5.92 Å². The Hall–Kier alpha value is -3.88. The van der Waals surface area contributed by atoms with Crippen LogP contribution in [0.1, 0.15) is 36.1 Å². The van der Waals surface area contributed by atoms with Crippen molar-refractivity contribution >= 4 is 33.4 Å². The van der Waals surface area contributed by atoms with Gasteiger partial charge in [0.15, 0.2) is 0 Å². The summed E-state index contributed by atoms with van der Waals surface area (Å²) in [6.45, 7) is 4.04. The first kappa shape index (κ1) is 23.3. The van der Waals surface area contributed by atoms with Gasteiger partial charge in [0.25, 0.3) is 0 Å². The topological polar surface area (TPSA) is 95.2 Å². The van der Waals surface area contributed by atoms with E-state index in [1.807, 2.05) is 30.7 Å². The van der Waals surface area contributed by atoms with Crippen molar-refractivity contribution in [3.63, 3.8) is 0 Å². The SMILES string of the molecule is Cc1ccc(-c2ccnc3[nH]c(-c4n[nH]c5ccc(-c6cncc(CNCC7CCCC7)c6)nc45)cc23)s1. The molecule has 38 heavy (non-hydrogen) atoms. The van der Waals surface area contributed by atoms with Gasteiger partial charge in [-0.1, -0.05) is 12.8 Å². The molecule has 6 aromatic heterocycles. The summed E-state index contributed by atoms with van der Waals surface area (Å²) in [4.78, 5) is 20.1. The summed E-state index contributed by atoms with van der Waals surface area (Å²) in [5.74, 6) is 0.820. The zero-order chi connectivity index (χ0) is 25.5. The fraction of sp³-hybridized carbons (Fsp3) is 0.267. The third-order valence-electron chi connectivity index (χ3n) is 7.53. The van der Waals surface area contributed by atoms with Gasteiger partial charge in [-0.05, 0) is 80.3 Å². The number of nitrogens with zero attached hydrogens (tertiary/aromatic N) is 4. The van der Waals surface area contributed by atoms with Crippen LogP contribution < -0.4 is 5.32 Å². The quantitative estimate of drug-likeness (QED) is 0.214. The highest BCUT2D eigenvalue weighted by Gasteiger charge is 2.17. The molecule has 0 unspecified atom stereocenters. The average Bonchev–Trinajstić information content (AvgIpc) is 3.74. The number of rotatable bonds is 7. The molecule has 190 valence electrons. The molecule has 3 N–H and O–H groups in total. The van der Waals surface area contributed by atoms with Crippen molar-refractivity contribution in [3.05, 3.63) is 71.5 Å². The fourth-order valence-electron chi connectivity index (χ4n) is 5.56. The van der Waals surface area contributed by atoms with Crippen LogP contribution in [0.5, 0.6) is 0 Å². The molecular formula is C30H29N7S. The molecule has 1 fully saturated rings. The molecule has 1 aliphatic carbocycles. The Kier molecular flexibility index (Phi) is 5.98. The second kappa shape index (κ2) is 9.78. The lowest BCUT2D eigenvalue weighted by Crippen LogP contribution is -2.20. The molecule has 1 saturated carbocycles. The molecule has 0 atom stereocenters. The van der Waals surface area contributed by atoms with Crippen LogP contribution in [0.4, 0.5) is 0 Å². The Bertz CT molecular complexity index is 1740. The summed E-state index contributed by atoms with van der Waals surface area (Å²) in [6, 6.07) is 14.8. The highest BCUT2D eigenvalue weighted by molar-refractivity contribution is 7.15. The summed E-state index contributed by atoms with van der Waals surface area (Å²) in [6.07, 6.45) is 11.1. The first-order chi connectivity index (χ1) is 18.7. The molecule has 0 saturated heterocycles. The van der Waals surface area contributed by atoms with E-state index >= 15 is 0 Å². The second-order valence-corrected chi connectivity index (χ2v) is 11.5. The summed E-state index contributed by atoms with van der Waals surface area (Å²) in [7, 11) is 0. The minimum Gasteiger partial charge on any atom is -0.338 e. The lowest BCUT2D eigenvalue weighted by molar-refractivity contribution is 0.489. The summed E-state index contributed by atoms with van der Waals surface area (Å²) >= 11 is 1.79. The van der Waals surface area contributed by atoms with Crippen LogP contribution in [0, 0.1) is 12.8 Å². The minimum atomic E-state index is 0.788. The van der Waals surface area contributed by atoms with Crippen LogP contribution in [0.15, 0.2) is 61.1 Å². The van der Waals surface area contributed by atoms with Gasteiger partial charge in [0, 0.05) is 51.4 Å². The van der Waals surface area contributed by atoms with Crippen molar-refractivity contribution in [2.45, 2.75) is 39.2 Å². The molecule has 0 amide bonds. The van der Waals surface area contributed by atoms with Gasteiger partial charge < -0.3 is 10.3 Å². The van der Waals surface area contributed by atoms with E-state index in [1.165, 1.54) is 46.6 Å². The largest absolute Gasteiger partial charge is 0.338 e. The Morgan fingerprint density at radius 2 is 1.97 bits per heavy atom. The first-order valence-corrected chi connectivity index (χ1v) is 14.1. The highest BCUT2D eigenvalue weighted by Crippen LogP contribution is 2.36. The third-order valence-corrected chi connectivity index (χ3v) is 8.56. The standard InChI is InChI=1S/C30H29N7S/c1-18-6-9-27(38-18)22-10-11-33-30-23(22)13-26(35-30)29-28-25(36-37-29)8-7-24(34-28)21-12-20(16-32-17-21)15-31-14-19-4-2-3-5-19/h6-13,16-17,19,31H,2-5,14-15H2,1H3,(H,33,35)(H,36,37). The molecule has 8 heteroatoms. The van der Waals surface area contributed by atoms with Crippen molar-refractivity contribution in [1.29, 1.82) is 0 Å². The van der Waals surface area contributed by atoms with Crippen LogP contribution in [-0.4, -0.2) is 36.7 Å². The number of H-pyrrole nitrogens is 2. The monoisotopic (exact) mass is 519 g/mol. The molecule has 1 aliphatic rings. The van der Waals surface area contributed by atoms with Crippen LogP contribution in [0.25, 0.3) is 55.2 Å². The second-order valence-electron chi connectivity index (χ2n) is 10.2. The molecule has 0 aromatic carbocycles. The number of hydrogen-bond acceptors (Lipinski definition) is 6. The molecule has 0 radical (unpaired) electrons. The number of aromatic amines is 2. The third kappa shape index (κ3) is 4.40. The van der Waals surface area contributed by atoms with Gasteiger partial charge in [-0.15, -0.1) is 11.3 Å². The van der Waals surface area contributed by atoms with E-state index in [4.69, 9.17) is 4.98 Å². The number of aromatic nitrogens is 6. The number of nitrogens with one attached hydrogen (secondary N) is 3. The molecular weight excluding hydrogens is 490 g/mol. The number of aryl methyl sites for hydroxylation is 1. The summed E-state index contributed by atoms with van der Waals surface area (Å²) in [5, 5.41) is 12.5. The van der Waals surface area contributed by atoms with Gasteiger partial charge in [-0.25, -0.2) is 9.97 Å². The molecule has 7 nitrogen and oxygen atoms in total. The van der Waals surface area contributed by atoms with Crippen LogP contribution >= 0.6 is 11.3 Å². The van der Waals surface area contributed by atoms with Gasteiger partial charge >= 0.3 is 0 Å². The fourth-order valence-corrected chi connectivity index (χ4v) is 6.46.